The minimum Gasteiger partial charge on any atom is -0.480 e. The van der Waals surface area contributed by atoms with Crippen LogP contribution in [0.5, 0.6) is 0 Å². The summed E-state index contributed by atoms with van der Waals surface area (Å²) in [6.45, 7) is 2.86. The summed E-state index contributed by atoms with van der Waals surface area (Å²) in [5.74, 6) is -0.710. The molecule has 1 saturated heterocycles. The molecule has 0 radical (unpaired) electrons. The first kappa shape index (κ1) is 16.3. The summed E-state index contributed by atoms with van der Waals surface area (Å²) < 4.78 is 0. The number of hydrogen-bond acceptors (Lipinski definition) is 3. The van der Waals surface area contributed by atoms with Crippen molar-refractivity contribution in [3.8, 4) is 0 Å². The van der Waals surface area contributed by atoms with E-state index in [0.29, 0.717) is 25.4 Å². The van der Waals surface area contributed by atoms with Gasteiger partial charge in [0, 0.05) is 13.1 Å². The van der Waals surface area contributed by atoms with E-state index in [-0.39, 0.29) is 12.5 Å². The summed E-state index contributed by atoms with van der Waals surface area (Å²) >= 11 is 0. The van der Waals surface area contributed by atoms with Crippen LogP contribution in [0.25, 0.3) is 0 Å². The van der Waals surface area contributed by atoms with Gasteiger partial charge in [-0.2, -0.15) is 0 Å². The fourth-order valence-electron chi connectivity index (χ4n) is 3.91. The molecule has 0 aromatic heterocycles. The number of likely N-dealkylation sites (N-methyl/N-ethyl adjacent to an activating group) is 1. The number of carboxylic acid groups (broad SMARTS) is 1. The number of amides is 1. The molecule has 1 N–H and O–H groups in total. The molecule has 0 spiro atoms. The standard InChI is InChI=1S/C16H28N2O3/c1-3-16(15(20)21)10-7-11-18(16)12-14(19)17(2)13-8-5-4-6-9-13/h13H,3-12H2,1-2H3,(H,20,21). The Morgan fingerprint density at radius 2 is 1.90 bits per heavy atom. The van der Waals surface area contributed by atoms with Crippen LogP contribution in [0.2, 0.25) is 0 Å². The second-order valence-electron chi connectivity index (χ2n) is 6.51. The predicted molar refractivity (Wildman–Crippen MR) is 81.1 cm³/mol. The summed E-state index contributed by atoms with van der Waals surface area (Å²) in [6, 6.07) is 0.342. The molecule has 21 heavy (non-hydrogen) atoms. The molecule has 2 rings (SSSR count). The van der Waals surface area contributed by atoms with E-state index in [1.165, 1.54) is 19.3 Å². The van der Waals surface area contributed by atoms with Gasteiger partial charge in [0.25, 0.3) is 0 Å². The number of carboxylic acids is 1. The van der Waals surface area contributed by atoms with Crippen molar-refractivity contribution < 1.29 is 14.7 Å². The molecule has 1 unspecified atom stereocenters. The van der Waals surface area contributed by atoms with E-state index in [9.17, 15) is 14.7 Å². The van der Waals surface area contributed by atoms with Crippen LogP contribution in [0.1, 0.15) is 58.3 Å². The zero-order valence-corrected chi connectivity index (χ0v) is 13.3. The third kappa shape index (κ3) is 3.23. The lowest BCUT2D eigenvalue weighted by Gasteiger charge is -2.36. The van der Waals surface area contributed by atoms with E-state index >= 15 is 0 Å². The number of likely N-dealkylation sites (tertiary alicyclic amines) is 1. The van der Waals surface area contributed by atoms with Gasteiger partial charge in [0.2, 0.25) is 5.91 Å². The average Bonchev–Trinajstić information content (AvgIpc) is 2.91. The Balaban J connectivity index is 1.99. The largest absolute Gasteiger partial charge is 0.480 e. The molecule has 0 bridgehead atoms. The molecule has 1 saturated carbocycles. The molecule has 1 aliphatic carbocycles. The molecule has 1 atom stereocenters. The van der Waals surface area contributed by atoms with Crippen molar-refractivity contribution in [3.63, 3.8) is 0 Å². The van der Waals surface area contributed by atoms with Crippen molar-refractivity contribution in [2.24, 2.45) is 0 Å². The molecule has 1 heterocycles. The third-order valence-electron chi connectivity index (χ3n) is 5.45. The molecular weight excluding hydrogens is 268 g/mol. The first-order valence-electron chi connectivity index (χ1n) is 8.25. The van der Waals surface area contributed by atoms with Gasteiger partial charge in [-0.3, -0.25) is 14.5 Å². The van der Waals surface area contributed by atoms with Crippen LogP contribution < -0.4 is 0 Å². The van der Waals surface area contributed by atoms with Gasteiger partial charge in [-0.05, 0) is 38.6 Å². The Morgan fingerprint density at radius 3 is 2.48 bits per heavy atom. The minimum absolute atomic E-state index is 0.0721. The summed E-state index contributed by atoms with van der Waals surface area (Å²) in [6.07, 6.45) is 7.89. The number of hydrogen-bond donors (Lipinski definition) is 1. The highest BCUT2D eigenvalue weighted by Crippen LogP contribution is 2.33. The van der Waals surface area contributed by atoms with Crippen molar-refractivity contribution in [3.05, 3.63) is 0 Å². The smallest absolute Gasteiger partial charge is 0.324 e. The zero-order valence-electron chi connectivity index (χ0n) is 13.3. The lowest BCUT2D eigenvalue weighted by Crippen LogP contribution is -2.54. The molecule has 2 aliphatic rings. The molecular formula is C16H28N2O3. The van der Waals surface area contributed by atoms with Gasteiger partial charge < -0.3 is 10.0 Å². The average molecular weight is 296 g/mol. The van der Waals surface area contributed by atoms with Crippen molar-refractivity contribution in [2.45, 2.75) is 69.9 Å². The van der Waals surface area contributed by atoms with Crippen LogP contribution in [0, 0.1) is 0 Å². The topological polar surface area (TPSA) is 60.9 Å². The van der Waals surface area contributed by atoms with Crippen LogP contribution in [0.3, 0.4) is 0 Å². The lowest BCUT2D eigenvalue weighted by atomic mass is 9.92. The first-order valence-corrected chi connectivity index (χ1v) is 8.25. The van der Waals surface area contributed by atoms with Gasteiger partial charge in [0.05, 0.1) is 6.54 Å². The van der Waals surface area contributed by atoms with Crippen molar-refractivity contribution in [1.82, 2.24) is 9.80 Å². The number of aliphatic carboxylic acids is 1. The van der Waals surface area contributed by atoms with Crippen LogP contribution in [0.15, 0.2) is 0 Å². The monoisotopic (exact) mass is 296 g/mol. The fourth-order valence-corrected chi connectivity index (χ4v) is 3.91. The molecule has 5 nitrogen and oxygen atoms in total. The quantitative estimate of drug-likeness (QED) is 0.844. The highest BCUT2D eigenvalue weighted by molar-refractivity contribution is 5.82. The summed E-state index contributed by atoms with van der Waals surface area (Å²) in [5.41, 5.74) is -0.830. The summed E-state index contributed by atoms with van der Waals surface area (Å²) in [5, 5.41) is 9.57. The maximum Gasteiger partial charge on any atom is 0.324 e. The van der Waals surface area contributed by atoms with Crippen LogP contribution in [-0.4, -0.2) is 58.5 Å². The van der Waals surface area contributed by atoms with E-state index in [0.717, 1.165) is 19.3 Å². The Labute approximate surface area is 127 Å². The van der Waals surface area contributed by atoms with E-state index in [2.05, 4.69) is 0 Å². The van der Waals surface area contributed by atoms with Gasteiger partial charge >= 0.3 is 5.97 Å². The SMILES string of the molecule is CCC1(C(=O)O)CCCN1CC(=O)N(C)C1CCCCC1. The van der Waals surface area contributed by atoms with E-state index in [1.807, 2.05) is 23.8 Å². The van der Waals surface area contributed by atoms with E-state index in [4.69, 9.17) is 0 Å². The van der Waals surface area contributed by atoms with Crippen LogP contribution >= 0.6 is 0 Å². The highest BCUT2D eigenvalue weighted by atomic mass is 16.4. The van der Waals surface area contributed by atoms with Crippen LogP contribution in [-0.2, 0) is 9.59 Å². The maximum atomic E-state index is 12.5. The number of nitrogens with zero attached hydrogens (tertiary/aromatic N) is 2. The minimum atomic E-state index is -0.830. The molecule has 1 aliphatic heterocycles. The Bertz CT molecular complexity index is 393. The first-order chi connectivity index (χ1) is 10.0. The lowest BCUT2D eigenvalue weighted by molar-refractivity contribution is -0.151. The number of rotatable bonds is 5. The van der Waals surface area contributed by atoms with Gasteiger partial charge in [0.15, 0.2) is 0 Å². The molecule has 5 heteroatoms. The third-order valence-corrected chi connectivity index (χ3v) is 5.45. The summed E-state index contributed by atoms with van der Waals surface area (Å²) in [7, 11) is 1.88. The Morgan fingerprint density at radius 1 is 1.24 bits per heavy atom. The Hall–Kier alpha value is -1.10. The molecule has 2 fully saturated rings. The molecule has 1 amide bonds. The molecule has 0 aromatic rings. The van der Waals surface area contributed by atoms with Gasteiger partial charge in [-0.25, -0.2) is 0 Å². The van der Waals surface area contributed by atoms with E-state index in [1.54, 1.807) is 0 Å². The van der Waals surface area contributed by atoms with Crippen molar-refractivity contribution in [1.29, 1.82) is 0 Å². The van der Waals surface area contributed by atoms with Crippen molar-refractivity contribution >= 4 is 11.9 Å². The molecule has 0 aromatic carbocycles. The fraction of sp³-hybridized carbons (Fsp3) is 0.875. The molecule has 120 valence electrons. The second kappa shape index (κ2) is 6.77. The highest BCUT2D eigenvalue weighted by Gasteiger charge is 2.47. The van der Waals surface area contributed by atoms with E-state index < -0.39 is 11.5 Å². The zero-order chi connectivity index (χ0) is 15.5. The van der Waals surface area contributed by atoms with Gasteiger partial charge in [0.1, 0.15) is 5.54 Å². The summed E-state index contributed by atoms with van der Waals surface area (Å²) in [4.78, 5) is 27.9. The number of carbonyl (C=O) groups is 2. The second-order valence-corrected chi connectivity index (χ2v) is 6.51. The van der Waals surface area contributed by atoms with Crippen LogP contribution in [0.4, 0.5) is 0 Å². The normalized spacial score (nSPS) is 27.7. The maximum absolute atomic E-state index is 12.5. The predicted octanol–water partition coefficient (Wildman–Crippen LogP) is 2.11. The number of carbonyl (C=O) groups excluding carboxylic acids is 1. The Kier molecular flexibility index (Phi) is 5.25. The van der Waals surface area contributed by atoms with Gasteiger partial charge in [-0.1, -0.05) is 26.2 Å². The van der Waals surface area contributed by atoms with Crippen molar-refractivity contribution in [2.75, 3.05) is 20.1 Å². The van der Waals surface area contributed by atoms with Gasteiger partial charge in [-0.15, -0.1) is 0 Å².